The van der Waals surface area contributed by atoms with Crippen molar-refractivity contribution < 1.29 is 0 Å². The summed E-state index contributed by atoms with van der Waals surface area (Å²) in [5, 5.41) is 4.20. The molecule has 0 saturated carbocycles. The van der Waals surface area contributed by atoms with Crippen LogP contribution in [0.25, 0.3) is 0 Å². The van der Waals surface area contributed by atoms with Crippen LogP contribution in [0.4, 0.5) is 5.95 Å². The Morgan fingerprint density at radius 2 is 2.33 bits per heavy atom. The van der Waals surface area contributed by atoms with Gasteiger partial charge in [0.25, 0.3) is 5.56 Å². The molecule has 94 valence electrons. The number of hydrogen-bond acceptors (Lipinski definition) is 6. The van der Waals surface area contributed by atoms with Gasteiger partial charge >= 0.3 is 0 Å². The third kappa shape index (κ3) is 3.30. The van der Waals surface area contributed by atoms with E-state index in [0.29, 0.717) is 16.1 Å². The molecule has 2 aromatic rings. The van der Waals surface area contributed by atoms with Crippen LogP contribution in [0.15, 0.2) is 37.9 Å². The molecular weight excluding hydrogens is 318 g/mol. The normalized spacial score (nSPS) is 10.3. The van der Waals surface area contributed by atoms with E-state index in [0.717, 1.165) is 11.0 Å². The van der Waals surface area contributed by atoms with Crippen molar-refractivity contribution in [2.75, 3.05) is 11.9 Å². The maximum atomic E-state index is 11.2. The molecule has 0 spiro atoms. The van der Waals surface area contributed by atoms with Gasteiger partial charge in [0, 0.05) is 25.0 Å². The quantitative estimate of drug-likeness (QED) is 0.659. The monoisotopic (exact) mass is 327 g/mol. The average molecular weight is 328 g/mol. The van der Waals surface area contributed by atoms with Crippen molar-refractivity contribution in [1.29, 1.82) is 0 Å². The van der Waals surface area contributed by atoms with Crippen LogP contribution in [0.3, 0.4) is 0 Å². The molecule has 0 unspecified atom stereocenters. The molecule has 18 heavy (non-hydrogen) atoms. The van der Waals surface area contributed by atoms with Gasteiger partial charge in [0.2, 0.25) is 5.95 Å². The van der Waals surface area contributed by atoms with Gasteiger partial charge in [0.15, 0.2) is 5.16 Å². The van der Waals surface area contributed by atoms with Gasteiger partial charge in [-0.3, -0.25) is 4.79 Å². The number of nitrogens with one attached hydrogen (secondary N) is 2. The largest absolute Gasteiger partial charge is 0.354 e. The van der Waals surface area contributed by atoms with E-state index < -0.39 is 0 Å². The fourth-order valence-corrected chi connectivity index (χ4v) is 2.33. The van der Waals surface area contributed by atoms with E-state index in [9.17, 15) is 4.79 Å². The van der Waals surface area contributed by atoms with E-state index in [1.54, 1.807) is 6.20 Å². The van der Waals surface area contributed by atoms with Crippen LogP contribution < -0.4 is 10.9 Å². The molecule has 0 fully saturated rings. The Morgan fingerprint density at radius 3 is 3.06 bits per heavy atom. The minimum absolute atomic E-state index is 0.190. The fourth-order valence-electron chi connectivity index (χ4n) is 1.16. The predicted octanol–water partition coefficient (Wildman–Crippen LogP) is 1.91. The predicted molar refractivity (Wildman–Crippen MR) is 72.9 cm³/mol. The maximum absolute atomic E-state index is 11.2. The molecule has 0 aliphatic carbocycles. The third-order valence-corrected chi connectivity index (χ3v) is 3.64. The highest BCUT2D eigenvalue weighted by Crippen LogP contribution is 2.29. The summed E-state index contributed by atoms with van der Waals surface area (Å²) in [6, 6.07) is 1.36. The van der Waals surface area contributed by atoms with Crippen LogP contribution in [-0.4, -0.2) is 26.5 Å². The molecule has 0 aliphatic heterocycles. The van der Waals surface area contributed by atoms with E-state index >= 15 is 0 Å². The van der Waals surface area contributed by atoms with Crippen molar-refractivity contribution in [3.63, 3.8) is 0 Å². The Hall–Kier alpha value is -1.41. The van der Waals surface area contributed by atoms with E-state index in [-0.39, 0.29) is 5.56 Å². The lowest BCUT2D eigenvalue weighted by Gasteiger charge is -2.05. The lowest BCUT2D eigenvalue weighted by molar-refractivity contribution is 0.925. The Morgan fingerprint density at radius 1 is 1.50 bits per heavy atom. The first-order chi connectivity index (χ1) is 8.69. The number of hydrogen-bond donors (Lipinski definition) is 2. The molecule has 0 bridgehead atoms. The molecule has 2 rings (SSSR count). The molecule has 0 radical (unpaired) electrons. The maximum Gasteiger partial charge on any atom is 0.251 e. The lowest BCUT2D eigenvalue weighted by atomic mass is 10.6. The summed E-state index contributed by atoms with van der Waals surface area (Å²) in [5.74, 6) is 0.543. The van der Waals surface area contributed by atoms with E-state index in [1.165, 1.54) is 24.0 Å². The van der Waals surface area contributed by atoms with Gasteiger partial charge in [-0.25, -0.2) is 15.0 Å². The number of rotatable bonds is 4. The molecular formula is C10H10BrN5OS. The van der Waals surface area contributed by atoms with Gasteiger partial charge in [-0.1, -0.05) is 0 Å². The number of aromatic nitrogens is 4. The second-order valence-electron chi connectivity index (χ2n) is 3.22. The van der Waals surface area contributed by atoms with Crippen molar-refractivity contribution in [2.45, 2.75) is 17.1 Å². The van der Waals surface area contributed by atoms with Crippen LogP contribution in [0.1, 0.15) is 6.92 Å². The molecule has 2 N–H and O–H groups in total. The van der Waals surface area contributed by atoms with E-state index in [1.807, 2.05) is 6.92 Å². The topological polar surface area (TPSA) is 83.6 Å². The standard InChI is InChI=1S/C10H10BrN5OS/c1-2-12-9-14-5-6(11)8(16-9)18-10-13-4-3-7(17)15-10/h3-5H,2H2,1H3,(H,12,14,16)(H,13,15,17). The van der Waals surface area contributed by atoms with Gasteiger partial charge in [-0.15, -0.1) is 0 Å². The number of nitrogens with zero attached hydrogens (tertiary/aromatic N) is 3. The molecule has 8 heteroatoms. The Balaban J connectivity index is 2.27. The Kier molecular flexibility index (Phi) is 4.32. The summed E-state index contributed by atoms with van der Waals surface area (Å²) < 4.78 is 0.751. The number of halogens is 1. The molecule has 0 aromatic carbocycles. The number of aromatic amines is 1. The van der Waals surface area contributed by atoms with Crippen LogP contribution in [0.2, 0.25) is 0 Å². The Bertz CT molecular complexity index is 603. The molecule has 2 aromatic heterocycles. The second kappa shape index (κ2) is 5.96. The summed E-state index contributed by atoms with van der Waals surface area (Å²) in [7, 11) is 0. The molecule has 0 aliphatic rings. The first-order valence-corrected chi connectivity index (χ1v) is 6.79. The minimum Gasteiger partial charge on any atom is -0.354 e. The number of H-pyrrole nitrogens is 1. The zero-order valence-corrected chi connectivity index (χ0v) is 11.9. The van der Waals surface area contributed by atoms with Gasteiger partial charge in [-0.05, 0) is 34.6 Å². The Labute approximate surface area is 116 Å². The second-order valence-corrected chi connectivity index (χ2v) is 5.05. The zero-order chi connectivity index (χ0) is 13.0. The summed E-state index contributed by atoms with van der Waals surface area (Å²) in [6.07, 6.45) is 3.12. The van der Waals surface area contributed by atoms with Crippen LogP contribution in [-0.2, 0) is 0 Å². The zero-order valence-electron chi connectivity index (χ0n) is 9.48. The summed E-state index contributed by atoms with van der Waals surface area (Å²) in [4.78, 5) is 26.3. The van der Waals surface area contributed by atoms with Crippen molar-refractivity contribution in [1.82, 2.24) is 19.9 Å². The van der Waals surface area contributed by atoms with Gasteiger partial charge in [0.1, 0.15) is 5.03 Å². The van der Waals surface area contributed by atoms with Gasteiger partial charge in [0.05, 0.1) is 4.47 Å². The highest BCUT2D eigenvalue weighted by atomic mass is 79.9. The van der Waals surface area contributed by atoms with Gasteiger partial charge < -0.3 is 10.3 Å². The fraction of sp³-hybridized carbons (Fsp3) is 0.200. The van der Waals surface area contributed by atoms with Crippen LogP contribution in [0, 0.1) is 0 Å². The van der Waals surface area contributed by atoms with Gasteiger partial charge in [-0.2, -0.15) is 0 Å². The average Bonchev–Trinajstić information content (AvgIpc) is 2.34. The van der Waals surface area contributed by atoms with Crippen LogP contribution in [0.5, 0.6) is 0 Å². The first-order valence-electron chi connectivity index (χ1n) is 5.18. The van der Waals surface area contributed by atoms with Crippen LogP contribution >= 0.6 is 27.7 Å². The highest BCUT2D eigenvalue weighted by Gasteiger charge is 2.08. The van der Waals surface area contributed by atoms with Crippen molar-refractivity contribution in [3.8, 4) is 0 Å². The molecule has 0 atom stereocenters. The van der Waals surface area contributed by atoms with E-state index in [4.69, 9.17) is 0 Å². The molecule has 6 nitrogen and oxygen atoms in total. The van der Waals surface area contributed by atoms with Crippen molar-refractivity contribution >= 4 is 33.6 Å². The summed E-state index contributed by atoms with van der Waals surface area (Å²) in [5.41, 5.74) is -0.190. The SMILES string of the molecule is CCNc1ncc(Br)c(Sc2nccc(=O)[nH]2)n1. The summed E-state index contributed by atoms with van der Waals surface area (Å²) >= 11 is 4.63. The smallest absolute Gasteiger partial charge is 0.251 e. The minimum atomic E-state index is -0.190. The lowest BCUT2D eigenvalue weighted by Crippen LogP contribution is -2.06. The van der Waals surface area contributed by atoms with Crippen molar-refractivity contribution in [2.24, 2.45) is 0 Å². The first kappa shape index (κ1) is 13.0. The number of anilines is 1. The molecule has 0 amide bonds. The van der Waals surface area contributed by atoms with E-state index in [2.05, 4.69) is 41.2 Å². The summed E-state index contributed by atoms with van der Waals surface area (Å²) in [6.45, 7) is 2.71. The molecule has 0 saturated heterocycles. The highest BCUT2D eigenvalue weighted by molar-refractivity contribution is 9.10. The third-order valence-electron chi connectivity index (χ3n) is 1.89. The molecule has 2 heterocycles. The van der Waals surface area contributed by atoms with Crippen molar-refractivity contribution in [3.05, 3.63) is 33.3 Å².